The number of anilines is 1. The summed E-state index contributed by atoms with van der Waals surface area (Å²) in [5, 5.41) is 3.43. The first kappa shape index (κ1) is 13.3. The zero-order valence-corrected chi connectivity index (χ0v) is 10.8. The summed E-state index contributed by atoms with van der Waals surface area (Å²) in [7, 11) is 0. The lowest BCUT2D eigenvalue weighted by molar-refractivity contribution is 0.527. The fourth-order valence-corrected chi connectivity index (χ4v) is 1.64. The molecule has 0 spiro atoms. The number of benzene rings is 1. The lowest BCUT2D eigenvalue weighted by atomic mass is 10.0. The van der Waals surface area contributed by atoms with Crippen molar-refractivity contribution in [3.05, 3.63) is 29.0 Å². The second-order valence-corrected chi connectivity index (χ2v) is 5.05. The van der Waals surface area contributed by atoms with Crippen molar-refractivity contribution in [2.45, 2.75) is 39.7 Å². The van der Waals surface area contributed by atoms with Crippen LogP contribution in [-0.4, -0.2) is 6.04 Å². The first-order valence-corrected chi connectivity index (χ1v) is 6.08. The SMILES string of the molecule is CC(C)CCC(C)Nc1ccc(Cl)c(F)c1. The van der Waals surface area contributed by atoms with Crippen LogP contribution in [-0.2, 0) is 0 Å². The topological polar surface area (TPSA) is 12.0 Å². The van der Waals surface area contributed by atoms with E-state index < -0.39 is 0 Å². The quantitative estimate of drug-likeness (QED) is 0.789. The molecule has 0 fully saturated rings. The van der Waals surface area contributed by atoms with E-state index in [2.05, 4.69) is 26.1 Å². The molecular weight excluding hydrogens is 225 g/mol. The fourth-order valence-electron chi connectivity index (χ4n) is 1.53. The van der Waals surface area contributed by atoms with E-state index in [-0.39, 0.29) is 10.8 Å². The van der Waals surface area contributed by atoms with Gasteiger partial charge in [-0.1, -0.05) is 25.4 Å². The van der Waals surface area contributed by atoms with Crippen molar-refractivity contribution in [3.63, 3.8) is 0 Å². The molecule has 0 aliphatic carbocycles. The Bertz CT molecular complexity index is 339. The maximum Gasteiger partial charge on any atom is 0.143 e. The molecule has 0 bridgehead atoms. The Kier molecular flexibility index (Phi) is 5.07. The van der Waals surface area contributed by atoms with Gasteiger partial charge in [0.25, 0.3) is 0 Å². The van der Waals surface area contributed by atoms with Crippen molar-refractivity contribution in [1.82, 2.24) is 0 Å². The summed E-state index contributed by atoms with van der Waals surface area (Å²) >= 11 is 5.62. The minimum absolute atomic E-state index is 0.167. The zero-order chi connectivity index (χ0) is 12.1. The van der Waals surface area contributed by atoms with Gasteiger partial charge in [0, 0.05) is 11.7 Å². The molecule has 0 amide bonds. The normalized spacial score (nSPS) is 12.9. The minimum Gasteiger partial charge on any atom is -0.383 e. The third kappa shape index (κ3) is 4.40. The van der Waals surface area contributed by atoms with Crippen LogP contribution in [0.25, 0.3) is 0 Å². The number of hydrogen-bond acceptors (Lipinski definition) is 1. The number of nitrogens with one attached hydrogen (secondary N) is 1. The molecule has 1 atom stereocenters. The molecule has 0 saturated heterocycles. The van der Waals surface area contributed by atoms with Crippen LogP contribution < -0.4 is 5.32 Å². The molecule has 1 N–H and O–H groups in total. The molecule has 1 nitrogen and oxygen atoms in total. The monoisotopic (exact) mass is 243 g/mol. The molecule has 1 aromatic carbocycles. The van der Waals surface area contributed by atoms with Crippen LogP contribution >= 0.6 is 11.6 Å². The Morgan fingerprint density at radius 2 is 1.94 bits per heavy atom. The summed E-state index contributed by atoms with van der Waals surface area (Å²) in [4.78, 5) is 0. The molecule has 1 unspecified atom stereocenters. The molecule has 1 aromatic rings. The summed E-state index contributed by atoms with van der Waals surface area (Å²) in [5.41, 5.74) is 0.790. The molecule has 0 saturated carbocycles. The highest BCUT2D eigenvalue weighted by Crippen LogP contribution is 2.20. The summed E-state index contributed by atoms with van der Waals surface area (Å²) in [5.74, 6) is 0.328. The van der Waals surface area contributed by atoms with Crippen molar-refractivity contribution in [2.24, 2.45) is 5.92 Å². The molecule has 0 heterocycles. The lowest BCUT2D eigenvalue weighted by Gasteiger charge is -2.16. The Morgan fingerprint density at radius 1 is 1.25 bits per heavy atom. The first-order chi connectivity index (χ1) is 7.49. The van der Waals surface area contributed by atoms with E-state index in [0.717, 1.165) is 12.1 Å². The van der Waals surface area contributed by atoms with E-state index in [0.29, 0.717) is 12.0 Å². The van der Waals surface area contributed by atoms with Crippen LogP contribution in [0.2, 0.25) is 5.02 Å². The van der Waals surface area contributed by atoms with Gasteiger partial charge in [-0.2, -0.15) is 0 Å². The van der Waals surface area contributed by atoms with E-state index in [4.69, 9.17) is 11.6 Å². The van der Waals surface area contributed by atoms with Crippen LogP contribution in [0.15, 0.2) is 18.2 Å². The molecule has 16 heavy (non-hydrogen) atoms. The molecule has 0 aromatic heterocycles. The summed E-state index contributed by atoms with van der Waals surface area (Å²) in [6.07, 6.45) is 2.26. The molecule has 0 aliphatic heterocycles. The molecule has 1 rings (SSSR count). The number of halogens is 2. The van der Waals surface area contributed by atoms with E-state index >= 15 is 0 Å². The van der Waals surface area contributed by atoms with Gasteiger partial charge in [0.2, 0.25) is 0 Å². The lowest BCUT2D eigenvalue weighted by Crippen LogP contribution is -2.15. The van der Waals surface area contributed by atoms with Gasteiger partial charge in [-0.25, -0.2) is 4.39 Å². The predicted molar refractivity (Wildman–Crippen MR) is 68.6 cm³/mol. The summed E-state index contributed by atoms with van der Waals surface area (Å²) in [6, 6.07) is 5.17. The van der Waals surface area contributed by atoms with E-state index in [1.807, 2.05) is 0 Å². The average Bonchev–Trinajstić information content (AvgIpc) is 2.21. The molecule has 90 valence electrons. The molecule has 0 aliphatic rings. The van der Waals surface area contributed by atoms with Crippen LogP contribution in [0.3, 0.4) is 0 Å². The fraction of sp³-hybridized carbons (Fsp3) is 0.538. The Labute approximate surface area is 102 Å². The second-order valence-electron chi connectivity index (χ2n) is 4.65. The zero-order valence-electron chi connectivity index (χ0n) is 10.1. The van der Waals surface area contributed by atoms with E-state index in [9.17, 15) is 4.39 Å². The maximum absolute atomic E-state index is 13.2. The third-order valence-electron chi connectivity index (χ3n) is 2.51. The van der Waals surface area contributed by atoms with Crippen LogP contribution in [0.5, 0.6) is 0 Å². The van der Waals surface area contributed by atoms with Gasteiger partial charge in [-0.05, 0) is 43.9 Å². The molecular formula is C13H19ClFN. The van der Waals surface area contributed by atoms with Gasteiger partial charge in [0.15, 0.2) is 0 Å². The van der Waals surface area contributed by atoms with Crippen molar-refractivity contribution >= 4 is 17.3 Å². The van der Waals surface area contributed by atoms with E-state index in [1.54, 1.807) is 12.1 Å². The van der Waals surface area contributed by atoms with Gasteiger partial charge in [0.1, 0.15) is 5.82 Å². The minimum atomic E-state index is -0.372. The smallest absolute Gasteiger partial charge is 0.143 e. The predicted octanol–water partition coefficient (Wildman–Crippen LogP) is 4.72. The Hall–Kier alpha value is -0.760. The van der Waals surface area contributed by atoms with Crippen molar-refractivity contribution in [3.8, 4) is 0 Å². The highest BCUT2D eigenvalue weighted by molar-refractivity contribution is 6.30. The van der Waals surface area contributed by atoms with Crippen LogP contribution in [0.4, 0.5) is 10.1 Å². The maximum atomic E-state index is 13.2. The third-order valence-corrected chi connectivity index (χ3v) is 2.82. The highest BCUT2D eigenvalue weighted by Gasteiger charge is 2.05. The Morgan fingerprint density at radius 3 is 2.50 bits per heavy atom. The van der Waals surface area contributed by atoms with Gasteiger partial charge in [0.05, 0.1) is 5.02 Å². The van der Waals surface area contributed by atoms with Gasteiger partial charge >= 0.3 is 0 Å². The van der Waals surface area contributed by atoms with Gasteiger partial charge in [-0.3, -0.25) is 0 Å². The Balaban J connectivity index is 2.49. The first-order valence-electron chi connectivity index (χ1n) is 5.70. The standard InChI is InChI=1S/C13H19ClFN/c1-9(2)4-5-10(3)16-11-6-7-12(14)13(15)8-11/h6-10,16H,4-5H2,1-3H3. The van der Waals surface area contributed by atoms with E-state index in [1.165, 1.54) is 12.5 Å². The van der Waals surface area contributed by atoms with Gasteiger partial charge in [-0.15, -0.1) is 0 Å². The summed E-state index contributed by atoms with van der Waals surface area (Å²) < 4.78 is 13.2. The van der Waals surface area contributed by atoms with Crippen LogP contribution in [0.1, 0.15) is 33.6 Å². The average molecular weight is 244 g/mol. The van der Waals surface area contributed by atoms with Crippen molar-refractivity contribution in [2.75, 3.05) is 5.32 Å². The largest absolute Gasteiger partial charge is 0.383 e. The summed E-state index contributed by atoms with van der Waals surface area (Å²) in [6.45, 7) is 6.51. The van der Waals surface area contributed by atoms with Crippen molar-refractivity contribution < 1.29 is 4.39 Å². The van der Waals surface area contributed by atoms with Gasteiger partial charge < -0.3 is 5.32 Å². The molecule has 3 heteroatoms. The highest BCUT2D eigenvalue weighted by atomic mass is 35.5. The van der Waals surface area contributed by atoms with Crippen molar-refractivity contribution in [1.29, 1.82) is 0 Å². The second kappa shape index (κ2) is 6.09. The molecule has 0 radical (unpaired) electrons. The number of rotatable bonds is 5. The van der Waals surface area contributed by atoms with Crippen LogP contribution in [0, 0.1) is 11.7 Å². The number of hydrogen-bond donors (Lipinski definition) is 1.